The molecule has 0 bridgehead atoms. The van der Waals surface area contributed by atoms with Gasteiger partial charge in [-0.25, -0.2) is 0 Å². The van der Waals surface area contributed by atoms with Gasteiger partial charge in [0.1, 0.15) is 11.5 Å². The molecule has 0 saturated carbocycles. The molecule has 0 aliphatic carbocycles. The quantitative estimate of drug-likeness (QED) is 0.621. The number of ether oxygens (including phenoxy) is 2. The van der Waals surface area contributed by atoms with Crippen LogP contribution in [-0.2, 0) is 6.54 Å². The van der Waals surface area contributed by atoms with Crippen LogP contribution in [0.3, 0.4) is 0 Å². The van der Waals surface area contributed by atoms with E-state index in [1.165, 1.54) is 11.3 Å². The van der Waals surface area contributed by atoms with Gasteiger partial charge in [-0.15, -0.1) is 0 Å². The standard InChI is InChI=1S/C23H25N3O2S/c1-3-28-20-12-8-18(9-13-20)24-23(29)26-16-15-25-14-4-5-21(25)22(26)17-6-10-19(27-2)11-7-17/h4-14,22H,3,15-16H2,1-2H3,(H,24,29)/t22-/m1/s1. The zero-order chi connectivity index (χ0) is 20.2. The summed E-state index contributed by atoms with van der Waals surface area (Å²) in [6.45, 7) is 4.37. The van der Waals surface area contributed by atoms with Crippen molar-refractivity contribution in [2.24, 2.45) is 0 Å². The van der Waals surface area contributed by atoms with Crippen LogP contribution < -0.4 is 14.8 Å². The Labute approximate surface area is 176 Å². The second kappa shape index (κ2) is 8.57. The van der Waals surface area contributed by atoms with Crippen molar-refractivity contribution in [3.63, 3.8) is 0 Å². The number of thiocarbonyl (C=S) groups is 1. The second-order valence-corrected chi connectivity index (χ2v) is 7.27. The number of methoxy groups -OCH3 is 1. The van der Waals surface area contributed by atoms with E-state index >= 15 is 0 Å². The number of rotatable bonds is 5. The van der Waals surface area contributed by atoms with E-state index < -0.39 is 0 Å². The molecule has 1 aliphatic heterocycles. The first-order valence-corrected chi connectivity index (χ1v) is 10.2. The van der Waals surface area contributed by atoms with Crippen LogP contribution in [0.4, 0.5) is 5.69 Å². The normalized spacial score (nSPS) is 15.5. The lowest BCUT2D eigenvalue weighted by atomic mass is 10.00. The number of hydrogen-bond donors (Lipinski definition) is 1. The van der Waals surface area contributed by atoms with Gasteiger partial charge in [0.05, 0.1) is 19.8 Å². The van der Waals surface area contributed by atoms with Crippen molar-refractivity contribution in [1.29, 1.82) is 0 Å². The second-order valence-electron chi connectivity index (χ2n) is 6.88. The summed E-state index contributed by atoms with van der Waals surface area (Å²) in [5.41, 5.74) is 3.37. The SMILES string of the molecule is CCOc1ccc(NC(=S)N2CCn3cccc3[C@H]2c2ccc(OC)cc2)cc1. The third kappa shape index (κ3) is 4.07. The highest BCUT2D eigenvalue weighted by atomic mass is 32.1. The number of benzene rings is 2. The summed E-state index contributed by atoms with van der Waals surface area (Å²) in [4.78, 5) is 2.25. The molecule has 0 fully saturated rings. The van der Waals surface area contributed by atoms with Crippen LogP contribution >= 0.6 is 12.2 Å². The van der Waals surface area contributed by atoms with Crippen LogP contribution in [0.15, 0.2) is 66.9 Å². The van der Waals surface area contributed by atoms with Gasteiger partial charge < -0.3 is 24.3 Å². The lowest BCUT2D eigenvalue weighted by Gasteiger charge is -2.39. The van der Waals surface area contributed by atoms with E-state index in [0.29, 0.717) is 11.7 Å². The fourth-order valence-corrected chi connectivity index (χ4v) is 4.05. The summed E-state index contributed by atoms with van der Waals surface area (Å²) in [6.07, 6.45) is 2.13. The van der Waals surface area contributed by atoms with Crippen molar-refractivity contribution < 1.29 is 9.47 Å². The molecule has 5 nitrogen and oxygen atoms in total. The summed E-state index contributed by atoms with van der Waals surface area (Å²) in [5.74, 6) is 1.71. The van der Waals surface area contributed by atoms with E-state index in [1.54, 1.807) is 7.11 Å². The molecule has 1 atom stereocenters. The van der Waals surface area contributed by atoms with E-state index in [9.17, 15) is 0 Å². The van der Waals surface area contributed by atoms with E-state index in [2.05, 4.69) is 45.2 Å². The topological polar surface area (TPSA) is 38.7 Å². The summed E-state index contributed by atoms with van der Waals surface area (Å²) < 4.78 is 13.1. The molecule has 1 N–H and O–H groups in total. The van der Waals surface area contributed by atoms with Crippen molar-refractivity contribution in [3.05, 3.63) is 78.1 Å². The average molecular weight is 408 g/mol. The first kappa shape index (κ1) is 19.3. The molecule has 6 heteroatoms. The van der Waals surface area contributed by atoms with E-state index in [-0.39, 0.29) is 6.04 Å². The number of anilines is 1. The van der Waals surface area contributed by atoms with Gasteiger partial charge in [0.25, 0.3) is 0 Å². The van der Waals surface area contributed by atoms with Crippen molar-refractivity contribution in [2.75, 3.05) is 25.6 Å². The largest absolute Gasteiger partial charge is 0.497 e. The highest BCUT2D eigenvalue weighted by Gasteiger charge is 2.30. The predicted octanol–water partition coefficient (Wildman–Crippen LogP) is 4.70. The van der Waals surface area contributed by atoms with Gasteiger partial charge in [0.15, 0.2) is 5.11 Å². The minimum absolute atomic E-state index is 0.0485. The lowest BCUT2D eigenvalue weighted by Crippen LogP contribution is -2.44. The number of hydrogen-bond acceptors (Lipinski definition) is 3. The van der Waals surface area contributed by atoms with Crippen LogP contribution in [-0.4, -0.2) is 34.8 Å². The first-order chi connectivity index (χ1) is 14.2. The molecule has 0 saturated heterocycles. The molecular weight excluding hydrogens is 382 g/mol. The molecule has 0 radical (unpaired) electrons. The molecule has 0 amide bonds. The maximum atomic E-state index is 5.82. The molecule has 2 heterocycles. The maximum absolute atomic E-state index is 5.82. The van der Waals surface area contributed by atoms with Crippen LogP contribution in [0.1, 0.15) is 24.2 Å². The fraction of sp³-hybridized carbons (Fsp3) is 0.261. The number of nitrogens with zero attached hydrogens (tertiary/aromatic N) is 2. The van der Waals surface area contributed by atoms with Crippen molar-refractivity contribution in [1.82, 2.24) is 9.47 Å². The van der Waals surface area contributed by atoms with Gasteiger partial charge in [-0.2, -0.15) is 0 Å². The van der Waals surface area contributed by atoms with E-state index in [0.717, 1.165) is 30.3 Å². The maximum Gasteiger partial charge on any atom is 0.174 e. The lowest BCUT2D eigenvalue weighted by molar-refractivity contribution is 0.293. The van der Waals surface area contributed by atoms with Crippen LogP contribution in [0, 0.1) is 0 Å². The minimum Gasteiger partial charge on any atom is -0.497 e. The minimum atomic E-state index is 0.0485. The molecule has 3 aromatic rings. The zero-order valence-electron chi connectivity index (χ0n) is 16.7. The summed E-state index contributed by atoms with van der Waals surface area (Å²) in [5, 5.41) is 4.10. The zero-order valence-corrected chi connectivity index (χ0v) is 17.5. The number of aromatic nitrogens is 1. The smallest absolute Gasteiger partial charge is 0.174 e. The van der Waals surface area contributed by atoms with Crippen LogP contribution in [0.2, 0.25) is 0 Å². The monoisotopic (exact) mass is 407 g/mol. The van der Waals surface area contributed by atoms with Crippen molar-refractivity contribution in [2.45, 2.75) is 19.5 Å². The fourth-order valence-electron chi connectivity index (χ4n) is 3.74. The third-order valence-corrected chi connectivity index (χ3v) is 5.48. The molecular formula is C23H25N3O2S. The van der Waals surface area contributed by atoms with Crippen molar-refractivity contribution in [3.8, 4) is 11.5 Å². The molecule has 29 heavy (non-hydrogen) atoms. The van der Waals surface area contributed by atoms with Gasteiger partial charge in [0, 0.05) is 30.7 Å². The Balaban J connectivity index is 1.59. The van der Waals surface area contributed by atoms with Gasteiger partial charge in [-0.3, -0.25) is 0 Å². The molecule has 0 spiro atoms. The number of fused-ring (bicyclic) bond motifs is 1. The Kier molecular flexibility index (Phi) is 5.71. The predicted molar refractivity (Wildman–Crippen MR) is 120 cm³/mol. The van der Waals surface area contributed by atoms with E-state index in [4.69, 9.17) is 21.7 Å². The van der Waals surface area contributed by atoms with E-state index in [1.807, 2.05) is 43.3 Å². The Hall–Kier alpha value is -2.99. The number of nitrogens with one attached hydrogen (secondary N) is 1. The molecule has 150 valence electrons. The molecule has 1 aromatic heterocycles. The highest BCUT2D eigenvalue weighted by molar-refractivity contribution is 7.80. The van der Waals surface area contributed by atoms with Gasteiger partial charge >= 0.3 is 0 Å². The molecule has 4 rings (SSSR count). The first-order valence-electron chi connectivity index (χ1n) is 9.79. The Bertz CT molecular complexity index is 967. The average Bonchev–Trinajstić information content (AvgIpc) is 3.23. The van der Waals surface area contributed by atoms with Crippen LogP contribution in [0.25, 0.3) is 0 Å². The summed E-state index contributed by atoms with van der Waals surface area (Å²) >= 11 is 5.82. The summed E-state index contributed by atoms with van der Waals surface area (Å²) in [7, 11) is 1.68. The van der Waals surface area contributed by atoms with Gasteiger partial charge in [0.2, 0.25) is 0 Å². The Morgan fingerprint density at radius 2 is 1.76 bits per heavy atom. The molecule has 1 aliphatic rings. The Morgan fingerprint density at radius 3 is 2.45 bits per heavy atom. The molecule has 0 unspecified atom stereocenters. The van der Waals surface area contributed by atoms with Crippen LogP contribution in [0.5, 0.6) is 11.5 Å². The van der Waals surface area contributed by atoms with Gasteiger partial charge in [-0.1, -0.05) is 12.1 Å². The Morgan fingerprint density at radius 1 is 1.03 bits per heavy atom. The van der Waals surface area contributed by atoms with Crippen molar-refractivity contribution >= 4 is 23.0 Å². The van der Waals surface area contributed by atoms with Gasteiger partial charge in [-0.05, 0) is 73.2 Å². The summed E-state index contributed by atoms with van der Waals surface area (Å²) in [6, 6.07) is 20.4. The molecule has 2 aromatic carbocycles. The highest BCUT2D eigenvalue weighted by Crippen LogP contribution is 2.33. The third-order valence-electron chi connectivity index (χ3n) is 5.15.